The van der Waals surface area contributed by atoms with E-state index in [9.17, 15) is 13.5 Å². The number of nitrogens with one attached hydrogen (secondary N) is 2. The van der Waals surface area contributed by atoms with Crippen LogP contribution in [0.5, 0.6) is 0 Å². The van der Waals surface area contributed by atoms with E-state index in [4.69, 9.17) is 4.74 Å². The summed E-state index contributed by atoms with van der Waals surface area (Å²) >= 11 is 0. The van der Waals surface area contributed by atoms with E-state index in [0.29, 0.717) is 13.2 Å². The second-order valence-corrected chi connectivity index (χ2v) is 6.79. The normalized spacial score (nSPS) is 18.7. The molecule has 0 saturated carbocycles. The van der Waals surface area contributed by atoms with Gasteiger partial charge < -0.3 is 15.2 Å². The molecule has 0 aromatic heterocycles. The Hall–Kier alpha value is -1.15. The highest BCUT2D eigenvalue weighted by Gasteiger charge is 2.31. The molecule has 2 rings (SSSR count). The Morgan fingerprint density at radius 2 is 1.85 bits per heavy atom. The van der Waals surface area contributed by atoms with Gasteiger partial charge in [0.15, 0.2) is 0 Å². The second-order valence-electron chi connectivity index (χ2n) is 4.91. The molecule has 112 valence electrons. The van der Waals surface area contributed by atoms with Gasteiger partial charge in [-0.25, -0.2) is 13.1 Å². The van der Waals surface area contributed by atoms with Crippen LogP contribution in [0, 0.1) is 0 Å². The summed E-state index contributed by atoms with van der Waals surface area (Å²) in [5.41, 5.74) is 0.401. The lowest BCUT2D eigenvalue weighted by Crippen LogP contribution is -2.46. The first kappa shape index (κ1) is 15.2. The van der Waals surface area contributed by atoms with E-state index < -0.39 is 10.0 Å². The van der Waals surface area contributed by atoms with Gasteiger partial charge >= 0.3 is 0 Å². The highest BCUT2D eigenvalue weighted by molar-refractivity contribution is 7.89. The van der Waals surface area contributed by atoms with Crippen molar-refractivity contribution in [2.75, 3.05) is 32.2 Å². The zero-order valence-corrected chi connectivity index (χ0v) is 12.2. The minimum atomic E-state index is -3.42. The largest absolute Gasteiger partial charge is 0.394 e. The van der Waals surface area contributed by atoms with Crippen molar-refractivity contribution in [3.63, 3.8) is 0 Å². The minimum absolute atomic E-state index is 0.0208. The lowest BCUT2D eigenvalue weighted by Gasteiger charge is -2.37. The predicted octanol–water partition coefficient (Wildman–Crippen LogP) is 0.548. The first-order valence-corrected chi connectivity index (χ1v) is 8.00. The fraction of sp³-hybridized carbons (Fsp3) is 0.538. The van der Waals surface area contributed by atoms with Crippen molar-refractivity contribution in [3.05, 3.63) is 24.3 Å². The van der Waals surface area contributed by atoms with Gasteiger partial charge in [-0.3, -0.25) is 0 Å². The number of benzene rings is 1. The number of rotatable bonds is 5. The Morgan fingerprint density at radius 1 is 1.25 bits per heavy atom. The van der Waals surface area contributed by atoms with E-state index in [0.717, 1.165) is 18.5 Å². The molecule has 0 bridgehead atoms. The van der Waals surface area contributed by atoms with E-state index in [1.165, 1.54) is 7.05 Å². The molecule has 0 atom stereocenters. The van der Waals surface area contributed by atoms with Crippen molar-refractivity contribution < 1.29 is 18.3 Å². The van der Waals surface area contributed by atoms with Crippen LogP contribution in [0.3, 0.4) is 0 Å². The summed E-state index contributed by atoms with van der Waals surface area (Å²) in [6, 6.07) is 6.49. The van der Waals surface area contributed by atoms with Crippen molar-refractivity contribution in [2.24, 2.45) is 0 Å². The first-order chi connectivity index (χ1) is 9.51. The Kier molecular flexibility index (Phi) is 4.64. The molecule has 6 nitrogen and oxygen atoms in total. The van der Waals surface area contributed by atoms with Crippen LogP contribution in [0.15, 0.2) is 29.2 Å². The lowest BCUT2D eigenvalue weighted by atomic mass is 9.90. The molecule has 1 aliphatic heterocycles. The van der Waals surface area contributed by atoms with Gasteiger partial charge in [0, 0.05) is 18.9 Å². The monoisotopic (exact) mass is 300 g/mol. The zero-order chi connectivity index (χ0) is 14.6. The molecule has 7 heteroatoms. The lowest BCUT2D eigenvalue weighted by molar-refractivity contribution is 0.0380. The predicted molar refractivity (Wildman–Crippen MR) is 76.2 cm³/mol. The number of ether oxygens (including phenoxy) is 1. The van der Waals surface area contributed by atoms with Gasteiger partial charge in [-0.2, -0.15) is 0 Å². The van der Waals surface area contributed by atoms with Crippen LogP contribution in [0.25, 0.3) is 0 Å². The standard InChI is InChI=1S/C13H20N2O4S/c1-14-20(17,18)12-4-2-11(3-5-12)15-13(10-16)6-8-19-9-7-13/h2-5,14-16H,6-10H2,1H3. The van der Waals surface area contributed by atoms with E-state index in [1.54, 1.807) is 24.3 Å². The molecular weight excluding hydrogens is 280 g/mol. The van der Waals surface area contributed by atoms with Crippen molar-refractivity contribution in [2.45, 2.75) is 23.3 Å². The third kappa shape index (κ3) is 3.29. The topological polar surface area (TPSA) is 87.7 Å². The Balaban J connectivity index is 2.14. The van der Waals surface area contributed by atoms with Crippen LogP contribution >= 0.6 is 0 Å². The number of hydrogen-bond acceptors (Lipinski definition) is 5. The van der Waals surface area contributed by atoms with Gasteiger partial charge in [-0.05, 0) is 44.2 Å². The van der Waals surface area contributed by atoms with Gasteiger partial charge in [0.05, 0.1) is 17.0 Å². The van der Waals surface area contributed by atoms with Crippen molar-refractivity contribution >= 4 is 15.7 Å². The third-order valence-electron chi connectivity index (χ3n) is 3.60. The number of aliphatic hydroxyl groups is 1. The van der Waals surface area contributed by atoms with Crippen LogP contribution in [-0.2, 0) is 14.8 Å². The van der Waals surface area contributed by atoms with Crippen molar-refractivity contribution in [1.29, 1.82) is 0 Å². The van der Waals surface area contributed by atoms with Gasteiger partial charge in [0.2, 0.25) is 10.0 Å². The highest BCUT2D eigenvalue weighted by atomic mass is 32.2. The summed E-state index contributed by atoms with van der Waals surface area (Å²) < 4.78 is 30.8. The molecule has 1 fully saturated rings. The maximum absolute atomic E-state index is 11.6. The van der Waals surface area contributed by atoms with Crippen molar-refractivity contribution in [1.82, 2.24) is 4.72 Å². The molecule has 0 unspecified atom stereocenters. The average Bonchev–Trinajstić information content (AvgIpc) is 2.49. The summed E-state index contributed by atoms with van der Waals surface area (Å²) in [5.74, 6) is 0. The van der Waals surface area contributed by atoms with Gasteiger partial charge in [-0.15, -0.1) is 0 Å². The minimum Gasteiger partial charge on any atom is -0.394 e. The molecule has 1 heterocycles. The molecule has 1 aromatic carbocycles. The van der Waals surface area contributed by atoms with E-state index in [1.807, 2.05) is 0 Å². The van der Waals surface area contributed by atoms with Crippen LogP contribution < -0.4 is 10.0 Å². The maximum atomic E-state index is 11.6. The van der Waals surface area contributed by atoms with Gasteiger partial charge in [-0.1, -0.05) is 0 Å². The Bertz CT molecular complexity index is 536. The summed E-state index contributed by atoms with van der Waals surface area (Å²) in [4.78, 5) is 0.218. The highest BCUT2D eigenvalue weighted by Crippen LogP contribution is 2.26. The summed E-state index contributed by atoms with van der Waals surface area (Å²) in [7, 11) is -2.04. The molecule has 3 N–H and O–H groups in total. The Labute approximate surface area is 119 Å². The first-order valence-electron chi connectivity index (χ1n) is 6.52. The van der Waals surface area contributed by atoms with Crippen LogP contribution in [0.4, 0.5) is 5.69 Å². The second kappa shape index (κ2) is 6.09. The molecule has 1 aliphatic rings. The number of sulfonamides is 1. The average molecular weight is 300 g/mol. The quantitative estimate of drug-likeness (QED) is 0.739. The summed E-state index contributed by atoms with van der Waals surface area (Å²) in [6.45, 7) is 1.24. The van der Waals surface area contributed by atoms with Crippen LogP contribution in [-0.4, -0.2) is 45.9 Å². The smallest absolute Gasteiger partial charge is 0.240 e. The molecule has 0 spiro atoms. The SMILES string of the molecule is CNS(=O)(=O)c1ccc(NC2(CO)CCOCC2)cc1. The van der Waals surface area contributed by atoms with Crippen molar-refractivity contribution in [3.8, 4) is 0 Å². The molecule has 1 saturated heterocycles. The molecular formula is C13H20N2O4S. The van der Waals surface area contributed by atoms with Gasteiger partial charge in [0.25, 0.3) is 0 Å². The maximum Gasteiger partial charge on any atom is 0.240 e. The van der Waals surface area contributed by atoms with Gasteiger partial charge in [0.1, 0.15) is 0 Å². The summed E-state index contributed by atoms with van der Waals surface area (Å²) in [6.07, 6.45) is 1.44. The van der Waals surface area contributed by atoms with Crippen LogP contribution in [0.1, 0.15) is 12.8 Å². The van der Waals surface area contributed by atoms with E-state index in [2.05, 4.69) is 10.0 Å². The zero-order valence-electron chi connectivity index (χ0n) is 11.4. The molecule has 20 heavy (non-hydrogen) atoms. The fourth-order valence-electron chi connectivity index (χ4n) is 2.23. The third-order valence-corrected chi connectivity index (χ3v) is 5.03. The fourth-order valence-corrected chi connectivity index (χ4v) is 2.96. The molecule has 0 aliphatic carbocycles. The van der Waals surface area contributed by atoms with Crippen LogP contribution in [0.2, 0.25) is 0 Å². The van der Waals surface area contributed by atoms with E-state index >= 15 is 0 Å². The number of anilines is 1. The Morgan fingerprint density at radius 3 is 2.35 bits per heavy atom. The molecule has 0 amide bonds. The molecule has 0 radical (unpaired) electrons. The number of hydrogen-bond donors (Lipinski definition) is 3. The summed E-state index contributed by atoms with van der Waals surface area (Å²) in [5, 5.41) is 12.9. The molecule has 1 aromatic rings. The van der Waals surface area contributed by atoms with E-state index in [-0.39, 0.29) is 17.0 Å². The number of aliphatic hydroxyl groups excluding tert-OH is 1.